The summed E-state index contributed by atoms with van der Waals surface area (Å²) in [6, 6.07) is 13.2. The predicted molar refractivity (Wildman–Crippen MR) is 109 cm³/mol. The smallest absolute Gasteiger partial charge is 0.292 e. The number of halogens is 1. The molecule has 1 N–H and O–H groups in total. The first-order valence-electron chi connectivity index (χ1n) is 9.07. The molecular formula is C20H20ClN5O2. The third-order valence-corrected chi connectivity index (χ3v) is 4.91. The minimum absolute atomic E-state index is 0.112. The normalized spacial score (nSPS) is 14.1. The Hall–Kier alpha value is -2.90. The van der Waals surface area contributed by atoms with E-state index in [0.717, 1.165) is 24.5 Å². The van der Waals surface area contributed by atoms with Gasteiger partial charge in [0.15, 0.2) is 0 Å². The van der Waals surface area contributed by atoms with E-state index in [-0.39, 0.29) is 10.6 Å². The molecule has 1 fully saturated rings. The Balaban J connectivity index is 1.49. The number of benzene rings is 1. The number of rotatable bonds is 5. The molecule has 0 atom stereocenters. The van der Waals surface area contributed by atoms with Gasteiger partial charge in [-0.05, 0) is 29.8 Å². The van der Waals surface area contributed by atoms with Crippen LogP contribution in [0.25, 0.3) is 5.69 Å². The minimum atomic E-state index is -0.360. The molecule has 144 valence electrons. The molecule has 0 saturated carbocycles. The molecule has 0 amide bonds. The maximum absolute atomic E-state index is 12.6. The van der Waals surface area contributed by atoms with Crippen LogP contribution in [-0.4, -0.2) is 41.1 Å². The van der Waals surface area contributed by atoms with Crippen molar-refractivity contribution in [1.82, 2.24) is 14.8 Å². The molecule has 3 aromatic rings. The first kappa shape index (κ1) is 18.5. The van der Waals surface area contributed by atoms with Crippen molar-refractivity contribution in [2.24, 2.45) is 0 Å². The van der Waals surface area contributed by atoms with Crippen molar-refractivity contribution in [3.8, 4) is 5.69 Å². The molecular weight excluding hydrogens is 378 g/mol. The molecule has 8 heteroatoms. The van der Waals surface area contributed by atoms with Gasteiger partial charge in [0.25, 0.3) is 5.56 Å². The number of hydrogen-bond donors (Lipinski definition) is 1. The highest BCUT2D eigenvalue weighted by atomic mass is 35.5. The molecule has 28 heavy (non-hydrogen) atoms. The van der Waals surface area contributed by atoms with Gasteiger partial charge in [0, 0.05) is 25.8 Å². The Kier molecular flexibility index (Phi) is 5.55. The van der Waals surface area contributed by atoms with Crippen LogP contribution in [0.1, 0.15) is 5.56 Å². The molecule has 3 heterocycles. The van der Waals surface area contributed by atoms with E-state index in [1.54, 1.807) is 12.4 Å². The standard InChI is InChI=1S/C20H20ClN5O2/c21-19-17(14-24-26(20(19)27)16-4-2-1-3-5-16)23-13-15-6-7-22-18(12-15)25-8-10-28-11-9-25/h1-7,12,14,23H,8-11,13H2. The highest BCUT2D eigenvalue weighted by molar-refractivity contribution is 6.32. The van der Waals surface area contributed by atoms with E-state index in [1.807, 2.05) is 42.5 Å². The fraction of sp³-hybridized carbons (Fsp3) is 0.250. The molecule has 2 aromatic heterocycles. The van der Waals surface area contributed by atoms with Gasteiger partial charge in [-0.2, -0.15) is 9.78 Å². The fourth-order valence-electron chi connectivity index (χ4n) is 3.04. The number of para-hydroxylation sites is 1. The molecule has 0 aliphatic carbocycles. The molecule has 0 radical (unpaired) electrons. The molecule has 4 rings (SSSR count). The first-order valence-corrected chi connectivity index (χ1v) is 9.45. The zero-order valence-corrected chi connectivity index (χ0v) is 16.0. The number of nitrogens with zero attached hydrogens (tertiary/aromatic N) is 4. The Bertz CT molecular complexity index is 1000. The zero-order chi connectivity index (χ0) is 19.3. The molecule has 1 aliphatic rings. The molecule has 1 aliphatic heterocycles. The van der Waals surface area contributed by atoms with Crippen molar-refractivity contribution in [1.29, 1.82) is 0 Å². The lowest BCUT2D eigenvalue weighted by Crippen LogP contribution is -2.36. The monoisotopic (exact) mass is 397 g/mol. The van der Waals surface area contributed by atoms with Gasteiger partial charge in [-0.15, -0.1) is 0 Å². The topological polar surface area (TPSA) is 72.3 Å². The Morgan fingerprint density at radius 1 is 1.14 bits per heavy atom. The second kappa shape index (κ2) is 8.41. The van der Waals surface area contributed by atoms with E-state index in [2.05, 4.69) is 20.3 Å². The maximum Gasteiger partial charge on any atom is 0.292 e. The average molecular weight is 398 g/mol. The van der Waals surface area contributed by atoms with Gasteiger partial charge in [0.05, 0.1) is 30.8 Å². The fourth-order valence-corrected chi connectivity index (χ4v) is 3.24. The number of nitrogens with one attached hydrogen (secondary N) is 1. The third kappa shape index (κ3) is 4.00. The summed E-state index contributed by atoms with van der Waals surface area (Å²) in [5.74, 6) is 0.923. The lowest BCUT2D eigenvalue weighted by atomic mass is 10.2. The van der Waals surface area contributed by atoms with E-state index in [0.29, 0.717) is 31.1 Å². The average Bonchev–Trinajstić information content (AvgIpc) is 2.76. The summed E-state index contributed by atoms with van der Waals surface area (Å²) < 4.78 is 6.68. The van der Waals surface area contributed by atoms with Gasteiger partial charge in [-0.25, -0.2) is 4.98 Å². The van der Waals surface area contributed by atoms with Crippen LogP contribution in [0.2, 0.25) is 5.02 Å². The van der Waals surface area contributed by atoms with Gasteiger partial charge in [-0.3, -0.25) is 4.79 Å². The van der Waals surface area contributed by atoms with Gasteiger partial charge < -0.3 is 15.0 Å². The Morgan fingerprint density at radius 3 is 2.71 bits per heavy atom. The second-order valence-corrected chi connectivity index (χ2v) is 6.78. The van der Waals surface area contributed by atoms with Crippen molar-refractivity contribution < 1.29 is 4.74 Å². The van der Waals surface area contributed by atoms with Crippen molar-refractivity contribution in [3.63, 3.8) is 0 Å². The van der Waals surface area contributed by atoms with Crippen LogP contribution in [0.3, 0.4) is 0 Å². The van der Waals surface area contributed by atoms with Gasteiger partial charge >= 0.3 is 0 Å². The zero-order valence-electron chi connectivity index (χ0n) is 15.2. The van der Waals surface area contributed by atoms with E-state index in [4.69, 9.17) is 16.3 Å². The predicted octanol–water partition coefficient (Wildman–Crippen LogP) is 2.73. The summed E-state index contributed by atoms with van der Waals surface area (Å²) in [5.41, 5.74) is 1.86. The first-order chi connectivity index (χ1) is 13.7. The number of hydrogen-bond acceptors (Lipinski definition) is 6. The van der Waals surface area contributed by atoms with E-state index in [1.165, 1.54) is 4.68 Å². The van der Waals surface area contributed by atoms with Crippen molar-refractivity contribution >= 4 is 23.1 Å². The highest BCUT2D eigenvalue weighted by Crippen LogP contribution is 2.19. The van der Waals surface area contributed by atoms with Crippen LogP contribution < -0.4 is 15.8 Å². The molecule has 7 nitrogen and oxygen atoms in total. The number of pyridine rings is 1. The lowest BCUT2D eigenvalue weighted by molar-refractivity contribution is 0.122. The summed E-state index contributed by atoms with van der Waals surface area (Å²) >= 11 is 6.30. The van der Waals surface area contributed by atoms with Crippen LogP contribution in [0.5, 0.6) is 0 Å². The van der Waals surface area contributed by atoms with E-state index >= 15 is 0 Å². The van der Waals surface area contributed by atoms with Crippen LogP contribution >= 0.6 is 11.6 Å². The van der Waals surface area contributed by atoms with Crippen LogP contribution in [0.4, 0.5) is 11.5 Å². The number of ether oxygens (including phenoxy) is 1. The molecule has 0 bridgehead atoms. The summed E-state index contributed by atoms with van der Waals surface area (Å²) in [6.07, 6.45) is 3.36. The van der Waals surface area contributed by atoms with Gasteiger partial charge in [0.1, 0.15) is 10.8 Å². The van der Waals surface area contributed by atoms with Gasteiger partial charge in [0.2, 0.25) is 0 Å². The van der Waals surface area contributed by atoms with E-state index < -0.39 is 0 Å². The molecule has 0 spiro atoms. The minimum Gasteiger partial charge on any atom is -0.378 e. The van der Waals surface area contributed by atoms with Crippen molar-refractivity contribution in [3.05, 3.63) is 75.8 Å². The van der Waals surface area contributed by atoms with Crippen molar-refractivity contribution in [2.75, 3.05) is 36.5 Å². The quantitative estimate of drug-likeness (QED) is 0.713. The molecule has 1 aromatic carbocycles. The Morgan fingerprint density at radius 2 is 1.93 bits per heavy atom. The Labute approximate surface area is 167 Å². The highest BCUT2D eigenvalue weighted by Gasteiger charge is 2.13. The van der Waals surface area contributed by atoms with Crippen LogP contribution in [0.15, 0.2) is 59.7 Å². The largest absolute Gasteiger partial charge is 0.378 e. The summed E-state index contributed by atoms with van der Waals surface area (Å²) in [5, 5.41) is 7.55. The number of morpholine rings is 1. The molecule has 1 saturated heterocycles. The molecule has 0 unspecified atom stereocenters. The summed E-state index contributed by atoms with van der Waals surface area (Å²) in [4.78, 5) is 19.2. The SMILES string of the molecule is O=c1c(Cl)c(NCc2ccnc(N3CCOCC3)c2)cnn1-c1ccccc1. The van der Waals surface area contributed by atoms with Crippen molar-refractivity contribution in [2.45, 2.75) is 6.54 Å². The number of anilines is 2. The second-order valence-electron chi connectivity index (χ2n) is 6.40. The summed E-state index contributed by atoms with van der Waals surface area (Å²) in [6.45, 7) is 3.59. The maximum atomic E-state index is 12.6. The third-order valence-electron chi connectivity index (χ3n) is 4.55. The van der Waals surface area contributed by atoms with Gasteiger partial charge in [-0.1, -0.05) is 29.8 Å². The summed E-state index contributed by atoms with van der Waals surface area (Å²) in [7, 11) is 0. The van der Waals surface area contributed by atoms with E-state index in [9.17, 15) is 4.79 Å². The van der Waals surface area contributed by atoms with Crippen LogP contribution in [-0.2, 0) is 11.3 Å². The van der Waals surface area contributed by atoms with Crippen LogP contribution in [0, 0.1) is 0 Å². The lowest BCUT2D eigenvalue weighted by Gasteiger charge is -2.28. The number of aromatic nitrogens is 3.